The Kier molecular flexibility index (Phi) is 4.72. The Balaban J connectivity index is 2.15. The summed E-state index contributed by atoms with van der Waals surface area (Å²) in [7, 11) is 3.06. The lowest BCUT2D eigenvalue weighted by atomic mass is 9.88. The zero-order valence-corrected chi connectivity index (χ0v) is 14.2. The average Bonchev–Trinajstić information content (AvgIpc) is 2.65. The highest BCUT2D eigenvalue weighted by molar-refractivity contribution is 5.57. The Labute approximate surface area is 148 Å². The van der Waals surface area contributed by atoms with E-state index in [0.717, 1.165) is 23.6 Å². The summed E-state index contributed by atoms with van der Waals surface area (Å²) in [5, 5.41) is 25.7. The number of nitrogens with one attached hydrogen (secondary N) is 1. The van der Waals surface area contributed by atoms with E-state index in [1.165, 1.54) is 19.2 Å². The molecule has 1 unspecified atom stereocenters. The summed E-state index contributed by atoms with van der Waals surface area (Å²) in [6.07, 6.45) is 0.729. The first-order chi connectivity index (χ1) is 12.5. The van der Waals surface area contributed by atoms with Crippen LogP contribution < -0.4 is 14.8 Å². The molecule has 2 aromatic carbocycles. The summed E-state index contributed by atoms with van der Waals surface area (Å²) < 4.78 is 10.7. The first kappa shape index (κ1) is 17.6. The molecule has 0 radical (unpaired) electrons. The zero-order chi connectivity index (χ0) is 18.8. The van der Waals surface area contributed by atoms with Crippen molar-refractivity contribution in [2.45, 2.75) is 12.5 Å². The average molecular weight is 359 g/mol. The van der Waals surface area contributed by atoms with E-state index in [1.807, 2.05) is 6.07 Å². The summed E-state index contributed by atoms with van der Waals surface area (Å²) in [4.78, 5) is 21.2. The smallest absolute Gasteiger partial charge is 0.281 e. The molecule has 0 aliphatic carbocycles. The summed E-state index contributed by atoms with van der Waals surface area (Å²) in [6, 6.07) is 6.87. The second-order valence-electron chi connectivity index (χ2n) is 5.80. The van der Waals surface area contributed by atoms with E-state index in [4.69, 9.17) is 9.47 Å². The number of fused-ring (bicyclic) bond motifs is 1. The molecule has 9 heteroatoms. The number of nitrogens with zero attached hydrogens (tertiary/aromatic N) is 2. The van der Waals surface area contributed by atoms with Crippen LogP contribution in [0.3, 0.4) is 0 Å². The molecule has 3 rings (SSSR count). The van der Waals surface area contributed by atoms with Crippen LogP contribution in [-0.2, 0) is 6.42 Å². The van der Waals surface area contributed by atoms with Gasteiger partial charge in [-0.05, 0) is 35.7 Å². The van der Waals surface area contributed by atoms with Crippen LogP contribution in [-0.4, -0.2) is 30.6 Å². The summed E-state index contributed by atoms with van der Waals surface area (Å²) in [6.45, 7) is 0.612. The largest absolute Gasteiger partial charge is 0.493 e. The van der Waals surface area contributed by atoms with Crippen LogP contribution in [0.1, 0.15) is 22.7 Å². The molecular formula is C17H17N3O6. The number of non-ortho nitro benzene ring substituents is 1. The van der Waals surface area contributed by atoms with E-state index in [0.29, 0.717) is 23.6 Å². The van der Waals surface area contributed by atoms with Crippen molar-refractivity contribution in [3.63, 3.8) is 0 Å². The molecule has 0 aromatic heterocycles. The molecule has 1 atom stereocenters. The van der Waals surface area contributed by atoms with Crippen molar-refractivity contribution in [2.75, 3.05) is 20.8 Å². The molecule has 2 aromatic rings. The quantitative estimate of drug-likeness (QED) is 0.644. The number of nitro benzene ring substituents is 2. The Morgan fingerprint density at radius 1 is 1.00 bits per heavy atom. The third-order valence-corrected chi connectivity index (χ3v) is 4.43. The Bertz CT molecular complexity index is 883. The Hall–Kier alpha value is -3.20. The minimum absolute atomic E-state index is 0.292. The van der Waals surface area contributed by atoms with E-state index >= 15 is 0 Å². The van der Waals surface area contributed by atoms with Gasteiger partial charge in [-0.2, -0.15) is 0 Å². The molecular weight excluding hydrogens is 342 g/mol. The van der Waals surface area contributed by atoms with Crippen LogP contribution in [0.4, 0.5) is 11.4 Å². The highest BCUT2D eigenvalue weighted by Gasteiger charge is 2.30. The lowest BCUT2D eigenvalue weighted by Gasteiger charge is -2.28. The maximum Gasteiger partial charge on any atom is 0.281 e. The topological polar surface area (TPSA) is 117 Å². The van der Waals surface area contributed by atoms with Crippen molar-refractivity contribution in [2.24, 2.45) is 0 Å². The van der Waals surface area contributed by atoms with Crippen LogP contribution in [0.25, 0.3) is 0 Å². The van der Waals surface area contributed by atoms with Crippen molar-refractivity contribution < 1.29 is 19.3 Å². The molecule has 0 fully saturated rings. The molecule has 0 saturated carbocycles. The van der Waals surface area contributed by atoms with Gasteiger partial charge < -0.3 is 14.8 Å². The van der Waals surface area contributed by atoms with Crippen LogP contribution in [0.15, 0.2) is 30.3 Å². The lowest BCUT2D eigenvalue weighted by Crippen LogP contribution is -2.31. The predicted molar refractivity (Wildman–Crippen MR) is 92.8 cm³/mol. The summed E-state index contributed by atoms with van der Waals surface area (Å²) in [5.74, 6) is 1.11. The number of hydrogen-bond acceptors (Lipinski definition) is 7. The Morgan fingerprint density at radius 2 is 1.69 bits per heavy atom. The number of rotatable bonds is 5. The van der Waals surface area contributed by atoms with Crippen molar-refractivity contribution in [1.82, 2.24) is 5.32 Å². The van der Waals surface area contributed by atoms with Crippen LogP contribution >= 0.6 is 0 Å². The zero-order valence-electron chi connectivity index (χ0n) is 14.2. The fraction of sp³-hybridized carbons (Fsp3) is 0.294. The van der Waals surface area contributed by atoms with Crippen LogP contribution in [0, 0.1) is 20.2 Å². The van der Waals surface area contributed by atoms with Gasteiger partial charge in [0.15, 0.2) is 11.5 Å². The SMILES string of the molecule is COc1cc2c(cc1OC)C(c1ccc([N+](=O)[O-])cc1[N+](=O)[O-])NCC2. The van der Waals surface area contributed by atoms with Crippen molar-refractivity contribution in [3.05, 3.63) is 67.3 Å². The minimum Gasteiger partial charge on any atom is -0.493 e. The van der Waals surface area contributed by atoms with Crippen molar-refractivity contribution >= 4 is 11.4 Å². The highest BCUT2D eigenvalue weighted by atomic mass is 16.6. The fourth-order valence-corrected chi connectivity index (χ4v) is 3.21. The van der Waals surface area contributed by atoms with Gasteiger partial charge in [0.25, 0.3) is 11.4 Å². The molecule has 136 valence electrons. The maximum absolute atomic E-state index is 11.5. The van der Waals surface area contributed by atoms with E-state index in [-0.39, 0.29) is 11.4 Å². The second-order valence-corrected chi connectivity index (χ2v) is 5.80. The number of nitro groups is 2. The van der Waals surface area contributed by atoms with Gasteiger partial charge in [-0.3, -0.25) is 20.2 Å². The molecule has 0 bridgehead atoms. The van der Waals surface area contributed by atoms with Crippen molar-refractivity contribution in [3.8, 4) is 11.5 Å². The molecule has 1 aliphatic rings. The van der Waals surface area contributed by atoms with E-state index < -0.39 is 15.9 Å². The highest BCUT2D eigenvalue weighted by Crippen LogP contribution is 2.40. The molecule has 1 heterocycles. The first-order valence-electron chi connectivity index (χ1n) is 7.87. The van der Waals surface area contributed by atoms with Crippen LogP contribution in [0.2, 0.25) is 0 Å². The van der Waals surface area contributed by atoms with E-state index in [2.05, 4.69) is 5.32 Å². The lowest BCUT2D eigenvalue weighted by molar-refractivity contribution is -0.394. The van der Waals surface area contributed by atoms with Crippen molar-refractivity contribution in [1.29, 1.82) is 0 Å². The standard InChI is InChI=1S/C17H17N3O6/c1-25-15-7-10-5-6-18-17(13(10)9-16(15)26-2)12-4-3-11(19(21)22)8-14(12)20(23)24/h3-4,7-9,17-18H,5-6H2,1-2H3. The minimum atomic E-state index is -0.646. The number of ether oxygens (including phenoxy) is 2. The number of benzene rings is 2. The van der Waals surface area contributed by atoms with Crippen LogP contribution in [0.5, 0.6) is 11.5 Å². The third kappa shape index (κ3) is 3.04. The van der Waals surface area contributed by atoms with Gasteiger partial charge in [-0.25, -0.2) is 0 Å². The van der Waals surface area contributed by atoms with Gasteiger partial charge in [0.1, 0.15) is 0 Å². The fourth-order valence-electron chi connectivity index (χ4n) is 3.21. The Morgan fingerprint density at radius 3 is 2.31 bits per heavy atom. The van der Waals surface area contributed by atoms with Gasteiger partial charge in [0, 0.05) is 12.6 Å². The molecule has 1 aliphatic heterocycles. The van der Waals surface area contributed by atoms with Gasteiger partial charge in [0.05, 0.1) is 41.7 Å². The number of hydrogen-bond donors (Lipinski definition) is 1. The first-order valence-corrected chi connectivity index (χ1v) is 7.87. The monoisotopic (exact) mass is 359 g/mol. The van der Waals surface area contributed by atoms with Gasteiger partial charge in [-0.15, -0.1) is 0 Å². The molecule has 0 amide bonds. The molecule has 1 N–H and O–H groups in total. The number of methoxy groups -OCH3 is 2. The maximum atomic E-state index is 11.5. The van der Waals surface area contributed by atoms with E-state index in [9.17, 15) is 20.2 Å². The van der Waals surface area contributed by atoms with E-state index in [1.54, 1.807) is 13.2 Å². The normalized spacial score (nSPS) is 15.8. The predicted octanol–water partition coefficient (Wildman–Crippen LogP) is 2.76. The molecule has 0 spiro atoms. The third-order valence-electron chi connectivity index (χ3n) is 4.43. The summed E-state index contributed by atoms with van der Waals surface area (Å²) >= 11 is 0. The molecule has 26 heavy (non-hydrogen) atoms. The van der Waals surface area contributed by atoms with Gasteiger partial charge in [0.2, 0.25) is 0 Å². The summed E-state index contributed by atoms with van der Waals surface area (Å²) in [5.41, 5.74) is 1.57. The second kappa shape index (κ2) is 6.96. The molecule has 0 saturated heterocycles. The van der Waals surface area contributed by atoms with Gasteiger partial charge in [-0.1, -0.05) is 0 Å². The molecule has 9 nitrogen and oxygen atoms in total. The van der Waals surface area contributed by atoms with Gasteiger partial charge >= 0.3 is 0 Å².